The van der Waals surface area contributed by atoms with Crippen LogP contribution in [0.5, 0.6) is 5.75 Å². The Hall–Kier alpha value is -0.830. The lowest BCUT2D eigenvalue weighted by molar-refractivity contribution is -0.121. The molecule has 88 valence electrons. The summed E-state index contributed by atoms with van der Waals surface area (Å²) in [5.74, 6) is 1.25. The van der Waals surface area contributed by atoms with E-state index in [-0.39, 0.29) is 5.92 Å². The number of halogens is 1. The smallest absolute Gasteiger partial charge is 0.135 e. The minimum atomic E-state index is 0.109. The van der Waals surface area contributed by atoms with Gasteiger partial charge in [-0.3, -0.25) is 4.79 Å². The van der Waals surface area contributed by atoms with Crippen molar-refractivity contribution in [3.63, 3.8) is 0 Å². The molecule has 0 N–H and O–H groups in total. The van der Waals surface area contributed by atoms with Gasteiger partial charge < -0.3 is 4.74 Å². The summed E-state index contributed by atoms with van der Waals surface area (Å²) < 4.78 is 6.28. The van der Waals surface area contributed by atoms with E-state index >= 15 is 0 Å². The summed E-state index contributed by atoms with van der Waals surface area (Å²) in [6.07, 6.45) is 1.31. The third kappa shape index (κ3) is 3.63. The Balaban J connectivity index is 2.72. The highest BCUT2D eigenvalue weighted by Gasteiger charge is 2.10. The van der Waals surface area contributed by atoms with E-state index in [1.54, 1.807) is 7.11 Å². The minimum Gasteiger partial charge on any atom is -0.496 e. The van der Waals surface area contributed by atoms with Gasteiger partial charge in [0.25, 0.3) is 0 Å². The molecular formula is C13H17BrO2. The Morgan fingerprint density at radius 3 is 2.69 bits per heavy atom. The second kappa shape index (κ2) is 6.04. The topological polar surface area (TPSA) is 26.3 Å². The van der Waals surface area contributed by atoms with Crippen molar-refractivity contribution in [3.8, 4) is 5.75 Å². The summed E-state index contributed by atoms with van der Waals surface area (Å²) in [5, 5.41) is 0. The third-order valence-corrected chi connectivity index (χ3v) is 3.02. The normalized spacial score (nSPS) is 10.6. The van der Waals surface area contributed by atoms with Crippen molar-refractivity contribution in [1.82, 2.24) is 0 Å². The van der Waals surface area contributed by atoms with E-state index in [2.05, 4.69) is 15.9 Å². The molecule has 0 bridgehead atoms. The number of aryl methyl sites for hydroxylation is 1. The fraction of sp³-hybridized carbons (Fsp3) is 0.462. The van der Waals surface area contributed by atoms with Crippen LogP contribution in [0.15, 0.2) is 22.7 Å². The predicted molar refractivity (Wildman–Crippen MR) is 68.9 cm³/mol. The Kier molecular flexibility index (Phi) is 5.00. The molecule has 1 aromatic carbocycles. The number of benzene rings is 1. The number of rotatable bonds is 5. The van der Waals surface area contributed by atoms with Crippen molar-refractivity contribution in [2.75, 3.05) is 7.11 Å². The molecule has 0 saturated heterocycles. The maximum atomic E-state index is 11.5. The van der Waals surface area contributed by atoms with Gasteiger partial charge in [0.05, 0.1) is 7.11 Å². The van der Waals surface area contributed by atoms with Crippen LogP contribution in [-0.4, -0.2) is 12.9 Å². The summed E-state index contributed by atoms with van der Waals surface area (Å²) in [6.45, 7) is 3.86. The molecule has 0 aliphatic rings. The molecule has 0 unspecified atom stereocenters. The zero-order chi connectivity index (χ0) is 12.1. The molecule has 16 heavy (non-hydrogen) atoms. The quantitative estimate of drug-likeness (QED) is 0.826. The van der Waals surface area contributed by atoms with Crippen LogP contribution < -0.4 is 4.74 Å². The van der Waals surface area contributed by atoms with E-state index in [0.29, 0.717) is 12.2 Å². The van der Waals surface area contributed by atoms with Crippen LogP contribution in [0.2, 0.25) is 0 Å². The molecule has 1 rings (SSSR count). The van der Waals surface area contributed by atoms with Crippen LogP contribution in [0.4, 0.5) is 0 Å². The molecule has 0 aliphatic heterocycles. The van der Waals surface area contributed by atoms with Gasteiger partial charge in [-0.2, -0.15) is 0 Å². The second-order valence-corrected chi connectivity index (χ2v) is 4.99. The lowest BCUT2D eigenvalue weighted by Gasteiger charge is -2.09. The van der Waals surface area contributed by atoms with Crippen molar-refractivity contribution >= 4 is 21.7 Å². The van der Waals surface area contributed by atoms with Gasteiger partial charge in [-0.15, -0.1) is 0 Å². The largest absolute Gasteiger partial charge is 0.496 e. The highest BCUT2D eigenvalue weighted by atomic mass is 79.9. The molecule has 2 nitrogen and oxygen atoms in total. The van der Waals surface area contributed by atoms with Crippen LogP contribution in [0.3, 0.4) is 0 Å². The highest BCUT2D eigenvalue weighted by molar-refractivity contribution is 9.10. The number of hydrogen-bond donors (Lipinski definition) is 0. The number of carbonyl (C=O) groups excluding carboxylic acids is 1. The van der Waals surface area contributed by atoms with E-state index < -0.39 is 0 Å². The van der Waals surface area contributed by atoms with Gasteiger partial charge in [0, 0.05) is 16.8 Å². The molecule has 0 aromatic heterocycles. The summed E-state index contributed by atoms with van der Waals surface area (Å²) in [6, 6.07) is 5.86. The Labute approximate surface area is 105 Å². The third-order valence-electron chi connectivity index (χ3n) is 2.53. The van der Waals surface area contributed by atoms with Crippen LogP contribution in [0.25, 0.3) is 0 Å². The number of ketones is 1. The molecule has 0 heterocycles. The molecular weight excluding hydrogens is 268 g/mol. The number of methoxy groups -OCH3 is 1. The molecule has 0 radical (unpaired) electrons. The standard InChI is InChI=1S/C13H17BrO2/c1-9(2)12(15)6-4-10-8-11(14)5-7-13(10)16-3/h5,7-9H,4,6H2,1-3H3. The molecule has 3 heteroatoms. The molecule has 0 aliphatic carbocycles. The lowest BCUT2D eigenvalue weighted by Crippen LogP contribution is -2.08. The first-order valence-electron chi connectivity index (χ1n) is 5.39. The summed E-state index contributed by atoms with van der Waals surface area (Å²) in [4.78, 5) is 11.5. The average Bonchev–Trinajstić information content (AvgIpc) is 2.25. The van der Waals surface area contributed by atoms with Gasteiger partial charge in [-0.25, -0.2) is 0 Å². The monoisotopic (exact) mass is 284 g/mol. The van der Waals surface area contributed by atoms with E-state index in [4.69, 9.17) is 4.74 Å². The summed E-state index contributed by atoms with van der Waals surface area (Å²) in [5.41, 5.74) is 1.07. The zero-order valence-electron chi connectivity index (χ0n) is 9.92. The van der Waals surface area contributed by atoms with E-state index in [0.717, 1.165) is 22.2 Å². The van der Waals surface area contributed by atoms with Crippen molar-refractivity contribution in [3.05, 3.63) is 28.2 Å². The highest BCUT2D eigenvalue weighted by Crippen LogP contribution is 2.24. The van der Waals surface area contributed by atoms with Gasteiger partial charge in [0.1, 0.15) is 11.5 Å². The fourth-order valence-electron chi connectivity index (χ4n) is 1.49. The van der Waals surface area contributed by atoms with Crippen LogP contribution >= 0.6 is 15.9 Å². The Morgan fingerprint density at radius 2 is 2.12 bits per heavy atom. The van der Waals surface area contributed by atoms with Crippen molar-refractivity contribution in [1.29, 1.82) is 0 Å². The van der Waals surface area contributed by atoms with Crippen LogP contribution in [0.1, 0.15) is 25.8 Å². The Morgan fingerprint density at radius 1 is 1.44 bits per heavy atom. The van der Waals surface area contributed by atoms with Crippen molar-refractivity contribution < 1.29 is 9.53 Å². The minimum absolute atomic E-state index is 0.109. The fourth-order valence-corrected chi connectivity index (χ4v) is 1.90. The Bertz CT molecular complexity index is 372. The van der Waals surface area contributed by atoms with Gasteiger partial charge in [0.15, 0.2) is 0 Å². The number of Topliss-reactive ketones (excluding diaryl/α,β-unsaturated/α-hetero) is 1. The number of ether oxygens (including phenoxy) is 1. The summed E-state index contributed by atoms with van der Waals surface area (Å²) in [7, 11) is 1.65. The lowest BCUT2D eigenvalue weighted by atomic mass is 10.0. The molecule has 0 atom stereocenters. The molecule has 0 spiro atoms. The molecule has 1 aromatic rings. The van der Waals surface area contributed by atoms with Crippen LogP contribution in [-0.2, 0) is 11.2 Å². The molecule has 0 fully saturated rings. The SMILES string of the molecule is COc1ccc(Br)cc1CCC(=O)C(C)C. The first-order valence-corrected chi connectivity index (χ1v) is 6.19. The van der Waals surface area contributed by atoms with E-state index in [9.17, 15) is 4.79 Å². The van der Waals surface area contributed by atoms with E-state index in [1.165, 1.54) is 0 Å². The first kappa shape index (κ1) is 13.2. The second-order valence-electron chi connectivity index (χ2n) is 4.08. The maximum Gasteiger partial charge on any atom is 0.135 e. The van der Waals surface area contributed by atoms with E-state index in [1.807, 2.05) is 32.0 Å². The van der Waals surface area contributed by atoms with Crippen LogP contribution in [0, 0.1) is 5.92 Å². The summed E-state index contributed by atoms with van der Waals surface area (Å²) >= 11 is 3.42. The van der Waals surface area contributed by atoms with Gasteiger partial charge in [-0.1, -0.05) is 29.8 Å². The molecule has 0 saturated carbocycles. The number of carbonyl (C=O) groups is 1. The van der Waals surface area contributed by atoms with Crippen molar-refractivity contribution in [2.45, 2.75) is 26.7 Å². The molecule has 0 amide bonds. The van der Waals surface area contributed by atoms with Gasteiger partial charge in [0.2, 0.25) is 0 Å². The van der Waals surface area contributed by atoms with Gasteiger partial charge in [-0.05, 0) is 30.2 Å². The zero-order valence-corrected chi connectivity index (χ0v) is 11.5. The maximum absolute atomic E-state index is 11.5. The number of hydrogen-bond acceptors (Lipinski definition) is 2. The van der Waals surface area contributed by atoms with Crippen molar-refractivity contribution in [2.24, 2.45) is 5.92 Å². The average molecular weight is 285 g/mol. The predicted octanol–water partition coefficient (Wildman–Crippen LogP) is 3.62. The van der Waals surface area contributed by atoms with Gasteiger partial charge >= 0.3 is 0 Å². The first-order chi connectivity index (χ1) is 7.54.